The zero-order valence-electron chi connectivity index (χ0n) is 10.7. The Morgan fingerprint density at radius 1 is 1.40 bits per heavy atom. The highest BCUT2D eigenvalue weighted by molar-refractivity contribution is 5.94. The molecule has 6 heteroatoms. The molecule has 20 heavy (non-hydrogen) atoms. The van der Waals surface area contributed by atoms with Gasteiger partial charge in [0.15, 0.2) is 0 Å². The molecule has 1 heterocycles. The van der Waals surface area contributed by atoms with E-state index < -0.39 is 18.0 Å². The van der Waals surface area contributed by atoms with Gasteiger partial charge in [-0.2, -0.15) is 18.4 Å². The predicted octanol–water partition coefficient (Wildman–Crippen LogP) is 2.97. The largest absolute Gasteiger partial charge is 0.393 e. The van der Waals surface area contributed by atoms with Gasteiger partial charge in [0, 0.05) is 18.7 Å². The molecule has 3 nitrogen and oxygen atoms in total. The first kappa shape index (κ1) is 14.4. The van der Waals surface area contributed by atoms with E-state index in [9.17, 15) is 18.0 Å². The van der Waals surface area contributed by atoms with Crippen LogP contribution < -0.4 is 0 Å². The smallest absolute Gasteiger partial charge is 0.338 e. The Bertz CT molecular complexity index is 548. The summed E-state index contributed by atoms with van der Waals surface area (Å²) < 4.78 is 38.2. The number of carbonyl (C=O) groups excluding carboxylic acids is 1. The number of likely N-dealkylation sites (tertiary alicyclic amines) is 1. The Balaban J connectivity index is 2.14. The molecule has 106 valence electrons. The molecule has 0 saturated carbocycles. The lowest BCUT2D eigenvalue weighted by atomic mass is 9.96. The third-order valence-electron chi connectivity index (χ3n) is 3.41. The second-order valence-corrected chi connectivity index (χ2v) is 4.82. The highest BCUT2D eigenvalue weighted by atomic mass is 19.4. The second kappa shape index (κ2) is 5.53. The number of alkyl halides is 3. The van der Waals surface area contributed by atoms with Gasteiger partial charge in [-0.25, -0.2) is 0 Å². The van der Waals surface area contributed by atoms with Crippen LogP contribution >= 0.6 is 0 Å². The van der Waals surface area contributed by atoms with E-state index in [1.54, 1.807) is 12.1 Å². The molecule has 0 bridgehead atoms. The number of benzene rings is 1. The minimum atomic E-state index is -4.27. The van der Waals surface area contributed by atoms with Gasteiger partial charge < -0.3 is 4.90 Å². The molecule has 0 radical (unpaired) electrons. The number of carbonyl (C=O) groups is 1. The third-order valence-corrected chi connectivity index (χ3v) is 3.41. The molecule has 1 aromatic rings. The SMILES string of the molecule is N#Cc1cccc(C(=O)N2CCCC(C(F)(F)F)C2)c1. The van der Waals surface area contributed by atoms with Gasteiger partial charge in [0.05, 0.1) is 17.6 Å². The van der Waals surface area contributed by atoms with Gasteiger partial charge in [-0.05, 0) is 31.0 Å². The molecule has 1 saturated heterocycles. The molecule has 1 aromatic carbocycles. The Hall–Kier alpha value is -2.03. The van der Waals surface area contributed by atoms with Gasteiger partial charge in [-0.1, -0.05) is 6.07 Å². The van der Waals surface area contributed by atoms with Crippen LogP contribution in [-0.4, -0.2) is 30.1 Å². The highest BCUT2D eigenvalue weighted by Gasteiger charge is 2.42. The molecule has 1 atom stereocenters. The monoisotopic (exact) mass is 282 g/mol. The van der Waals surface area contributed by atoms with Gasteiger partial charge in [0.25, 0.3) is 5.91 Å². The summed E-state index contributed by atoms with van der Waals surface area (Å²) in [5, 5.41) is 8.78. The Kier molecular flexibility index (Phi) is 3.98. The van der Waals surface area contributed by atoms with E-state index in [1.165, 1.54) is 17.0 Å². The minimum absolute atomic E-state index is 0.0610. The van der Waals surface area contributed by atoms with E-state index in [-0.39, 0.29) is 18.5 Å². The van der Waals surface area contributed by atoms with E-state index >= 15 is 0 Å². The molecule has 2 rings (SSSR count). The van der Waals surface area contributed by atoms with Crippen LogP contribution in [0.3, 0.4) is 0 Å². The van der Waals surface area contributed by atoms with Crippen molar-refractivity contribution in [2.45, 2.75) is 19.0 Å². The number of nitriles is 1. The van der Waals surface area contributed by atoms with Gasteiger partial charge in [0.2, 0.25) is 0 Å². The van der Waals surface area contributed by atoms with Gasteiger partial charge in [0.1, 0.15) is 0 Å². The summed E-state index contributed by atoms with van der Waals surface area (Å²) in [6, 6.07) is 7.92. The Labute approximate surface area is 114 Å². The van der Waals surface area contributed by atoms with E-state index in [2.05, 4.69) is 0 Å². The molecule has 1 unspecified atom stereocenters. The van der Waals surface area contributed by atoms with Crippen molar-refractivity contribution in [2.24, 2.45) is 5.92 Å². The highest BCUT2D eigenvalue weighted by Crippen LogP contribution is 2.33. The number of hydrogen-bond donors (Lipinski definition) is 0. The second-order valence-electron chi connectivity index (χ2n) is 4.82. The molecule has 1 amide bonds. The molecule has 1 aliphatic heterocycles. The van der Waals surface area contributed by atoms with Gasteiger partial charge >= 0.3 is 6.18 Å². The van der Waals surface area contributed by atoms with E-state index in [0.29, 0.717) is 18.5 Å². The maximum absolute atomic E-state index is 12.7. The van der Waals surface area contributed by atoms with E-state index in [4.69, 9.17) is 5.26 Å². The van der Waals surface area contributed by atoms with Crippen molar-refractivity contribution in [3.8, 4) is 6.07 Å². The number of rotatable bonds is 1. The summed E-state index contributed by atoms with van der Waals surface area (Å²) in [7, 11) is 0. The lowest BCUT2D eigenvalue weighted by Crippen LogP contribution is -2.44. The fourth-order valence-corrected chi connectivity index (χ4v) is 2.33. The van der Waals surface area contributed by atoms with Crippen molar-refractivity contribution in [3.05, 3.63) is 35.4 Å². The van der Waals surface area contributed by atoms with Gasteiger partial charge in [-0.15, -0.1) is 0 Å². The zero-order chi connectivity index (χ0) is 14.8. The standard InChI is InChI=1S/C14H13F3N2O/c15-14(16,17)12-5-2-6-19(9-12)13(20)11-4-1-3-10(7-11)8-18/h1,3-4,7,12H,2,5-6,9H2. The Morgan fingerprint density at radius 2 is 2.15 bits per heavy atom. The lowest BCUT2D eigenvalue weighted by molar-refractivity contribution is -0.184. The van der Waals surface area contributed by atoms with Crippen LogP contribution in [0.1, 0.15) is 28.8 Å². The average molecular weight is 282 g/mol. The fraction of sp³-hybridized carbons (Fsp3) is 0.429. The fourth-order valence-electron chi connectivity index (χ4n) is 2.33. The number of halogens is 3. The molecule has 1 aliphatic rings. The van der Waals surface area contributed by atoms with Crippen LogP contribution in [-0.2, 0) is 0 Å². The topological polar surface area (TPSA) is 44.1 Å². The van der Waals surface area contributed by atoms with Crippen LogP contribution in [0.25, 0.3) is 0 Å². The molecule has 0 spiro atoms. The van der Waals surface area contributed by atoms with Crippen LogP contribution in [0, 0.1) is 17.2 Å². The van der Waals surface area contributed by atoms with Crippen LogP contribution in [0.5, 0.6) is 0 Å². The lowest BCUT2D eigenvalue weighted by Gasteiger charge is -2.33. The first-order valence-electron chi connectivity index (χ1n) is 6.28. The van der Waals surface area contributed by atoms with Crippen LogP contribution in [0.4, 0.5) is 13.2 Å². The maximum Gasteiger partial charge on any atom is 0.393 e. The number of amides is 1. The van der Waals surface area contributed by atoms with Crippen LogP contribution in [0.2, 0.25) is 0 Å². The first-order chi connectivity index (χ1) is 9.41. The summed E-state index contributed by atoms with van der Waals surface area (Å²) >= 11 is 0. The van der Waals surface area contributed by atoms with Crippen molar-refractivity contribution in [1.82, 2.24) is 4.90 Å². The molecule has 1 fully saturated rings. The van der Waals surface area contributed by atoms with Crippen LogP contribution in [0.15, 0.2) is 24.3 Å². The third kappa shape index (κ3) is 3.10. The van der Waals surface area contributed by atoms with Gasteiger partial charge in [-0.3, -0.25) is 4.79 Å². The minimum Gasteiger partial charge on any atom is -0.338 e. The summed E-state index contributed by atoms with van der Waals surface area (Å²) in [4.78, 5) is 13.4. The van der Waals surface area contributed by atoms with Crippen molar-refractivity contribution < 1.29 is 18.0 Å². The number of piperidine rings is 1. The summed E-state index contributed by atoms with van der Waals surface area (Å²) in [5.74, 6) is -1.91. The quantitative estimate of drug-likeness (QED) is 0.794. The average Bonchev–Trinajstić information content (AvgIpc) is 2.46. The first-order valence-corrected chi connectivity index (χ1v) is 6.28. The normalized spacial score (nSPS) is 19.5. The Morgan fingerprint density at radius 3 is 2.80 bits per heavy atom. The molecule has 0 aliphatic carbocycles. The number of nitrogens with zero attached hydrogens (tertiary/aromatic N) is 2. The van der Waals surface area contributed by atoms with Crippen molar-refractivity contribution in [1.29, 1.82) is 5.26 Å². The zero-order valence-corrected chi connectivity index (χ0v) is 10.7. The maximum atomic E-state index is 12.7. The molecular formula is C14H13F3N2O. The molecule has 0 N–H and O–H groups in total. The molecular weight excluding hydrogens is 269 g/mol. The van der Waals surface area contributed by atoms with E-state index in [1.807, 2.05) is 6.07 Å². The summed E-state index contributed by atoms with van der Waals surface area (Å²) in [6.45, 7) is 0.0152. The number of hydrogen-bond acceptors (Lipinski definition) is 2. The summed E-state index contributed by atoms with van der Waals surface area (Å²) in [6.07, 6.45) is -3.87. The summed E-state index contributed by atoms with van der Waals surface area (Å²) in [5.41, 5.74) is 0.576. The van der Waals surface area contributed by atoms with Crippen molar-refractivity contribution in [3.63, 3.8) is 0 Å². The van der Waals surface area contributed by atoms with Crippen molar-refractivity contribution in [2.75, 3.05) is 13.1 Å². The molecule has 0 aromatic heterocycles. The van der Waals surface area contributed by atoms with E-state index in [0.717, 1.165) is 0 Å². The van der Waals surface area contributed by atoms with Crippen molar-refractivity contribution >= 4 is 5.91 Å². The predicted molar refractivity (Wildman–Crippen MR) is 65.8 cm³/mol.